The van der Waals surface area contributed by atoms with Gasteiger partial charge in [0, 0.05) is 11.1 Å². The van der Waals surface area contributed by atoms with Crippen LogP contribution in [0.5, 0.6) is 5.75 Å². The Balaban J connectivity index is 1.63. The number of nitrogens with one attached hydrogen (secondary N) is 3. The molecule has 3 aromatic rings. The van der Waals surface area contributed by atoms with E-state index in [2.05, 4.69) is 17.0 Å². The molecule has 0 fully saturated rings. The molecule has 0 saturated carbocycles. The number of sulfonamides is 1. The molecule has 1 unspecified atom stereocenters. The number of rotatable bonds is 9. The van der Waals surface area contributed by atoms with Gasteiger partial charge in [-0.25, -0.2) is 8.42 Å². The molecule has 0 aromatic heterocycles. The predicted octanol–water partition coefficient (Wildman–Crippen LogP) is 4.58. The van der Waals surface area contributed by atoms with Gasteiger partial charge in [0.15, 0.2) is 0 Å². The summed E-state index contributed by atoms with van der Waals surface area (Å²) in [5.41, 5.74) is 8.46. The van der Waals surface area contributed by atoms with Crippen molar-refractivity contribution < 1.29 is 17.9 Å². The lowest BCUT2D eigenvalue weighted by molar-refractivity contribution is -0.123. The average molecular weight is 493 g/mol. The van der Waals surface area contributed by atoms with Gasteiger partial charge in [0.1, 0.15) is 11.6 Å². The number of aryl methyl sites for hydroxylation is 1. The van der Waals surface area contributed by atoms with Crippen molar-refractivity contribution in [3.8, 4) is 5.75 Å². The lowest BCUT2D eigenvalue weighted by atomic mass is 9.91. The van der Waals surface area contributed by atoms with Crippen molar-refractivity contribution in [3.05, 3.63) is 83.4 Å². The highest BCUT2D eigenvalue weighted by Gasteiger charge is 2.33. The summed E-state index contributed by atoms with van der Waals surface area (Å²) in [6.07, 6.45) is 2.81. The fourth-order valence-electron chi connectivity index (χ4n) is 4.12. The number of unbranched alkanes of at least 4 members (excludes halogenated alkanes) is 2. The molecule has 0 saturated heterocycles. The van der Waals surface area contributed by atoms with E-state index in [9.17, 15) is 13.2 Å². The van der Waals surface area contributed by atoms with Gasteiger partial charge in [0.25, 0.3) is 15.9 Å². The minimum Gasteiger partial charge on any atom is -0.474 e. The molecule has 1 aliphatic rings. The molecule has 8 nitrogen and oxygen atoms in total. The Morgan fingerprint density at radius 3 is 2.57 bits per heavy atom. The van der Waals surface area contributed by atoms with Gasteiger partial charge in [-0.2, -0.15) is 0 Å². The van der Waals surface area contributed by atoms with Crippen LogP contribution in [0.15, 0.2) is 71.6 Å². The largest absolute Gasteiger partial charge is 0.474 e. The predicted molar refractivity (Wildman–Crippen MR) is 136 cm³/mol. The van der Waals surface area contributed by atoms with Crippen molar-refractivity contribution >= 4 is 33.1 Å². The Hall–Kier alpha value is -3.85. The molecule has 0 spiro atoms. The van der Waals surface area contributed by atoms with Crippen LogP contribution in [-0.4, -0.2) is 20.2 Å². The summed E-state index contributed by atoms with van der Waals surface area (Å²) in [4.78, 5) is 13.3. The maximum Gasteiger partial charge on any atom is 0.270 e. The molecule has 1 amide bonds. The van der Waals surface area contributed by atoms with Gasteiger partial charge in [-0.05, 0) is 48.7 Å². The molecule has 5 N–H and O–H groups in total. The summed E-state index contributed by atoms with van der Waals surface area (Å²) in [7, 11) is -3.78. The highest BCUT2D eigenvalue weighted by molar-refractivity contribution is 7.92. The number of benzene rings is 3. The number of ether oxygens (including phenoxy) is 1. The summed E-state index contributed by atoms with van der Waals surface area (Å²) in [5, 5.41) is 10.8. The van der Waals surface area contributed by atoms with Crippen LogP contribution in [-0.2, 0) is 21.2 Å². The highest BCUT2D eigenvalue weighted by Crippen LogP contribution is 2.39. The normalized spacial score (nSPS) is 15.0. The molecular formula is C26H28N4O4S. The van der Waals surface area contributed by atoms with E-state index in [1.54, 1.807) is 36.4 Å². The molecule has 9 heteroatoms. The van der Waals surface area contributed by atoms with Crippen LogP contribution in [0, 0.1) is 5.41 Å². The third-order valence-electron chi connectivity index (χ3n) is 5.82. The fraction of sp³-hybridized carbons (Fsp3) is 0.231. The van der Waals surface area contributed by atoms with Crippen LogP contribution in [0.4, 0.5) is 11.4 Å². The third kappa shape index (κ3) is 5.30. The maximum absolute atomic E-state index is 13.1. The molecule has 1 heterocycles. The first-order chi connectivity index (χ1) is 16.8. The minimum absolute atomic E-state index is 0.134. The summed E-state index contributed by atoms with van der Waals surface area (Å²) in [6.45, 7) is 2.12. The zero-order chi connectivity index (χ0) is 25.0. The first kappa shape index (κ1) is 24.3. The van der Waals surface area contributed by atoms with E-state index in [1.807, 2.05) is 12.1 Å². The maximum atomic E-state index is 13.1. The SMILES string of the molecule is CCCCCc1cccc(C(=N)N)c1C1Oc2ccc(NS(=O)(=O)c3ccccc3)cc2NC1=O. The quantitative estimate of drug-likeness (QED) is 0.197. The molecule has 3 aromatic carbocycles. The van der Waals surface area contributed by atoms with Crippen LogP contribution in [0.2, 0.25) is 0 Å². The van der Waals surface area contributed by atoms with Gasteiger partial charge in [0.2, 0.25) is 6.10 Å². The summed E-state index contributed by atoms with van der Waals surface area (Å²) >= 11 is 0. The Kier molecular flexibility index (Phi) is 7.07. The highest BCUT2D eigenvalue weighted by atomic mass is 32.2. The molecule has 182 valence electrons. The van der Waals surface area contributed by atoms with Crippen molar-refractivity contribution in [2.45, 2.75) is 43.6 Å². The first-order valence-electron chi connectivity index (χ1n) is 11.5. The Morgan fingerprint density at radius 1 is 1.09 bits per heavy atom. The average Bonchev–Trinajstić information content (AvgIpc) is 2.84. The van der Waals surface area contributed by atoms with Gasteiger partial charge < -0.3 is 15.8 Å². The lowest BCUT2D eigenvalue weighted by Crippen LogP contribution is -2.33. The number of amidine groups is 1. The molecule has 35 heavy (non-hydrogen) atoms. The van der Waals surface area contributed by atoms with E-state index in [4.69, 9.17) is 15.9 Å². The molecule has 0 aliphatic carbocycles. The topological polar surface area (TPSA) is 134 Å². The van der Waals surface area contributed by atoms with Crippen LogP contribution in [0.3, 0.4) is 0 Å². The van der Waals surface area contributed by atoms with Crippen molar-refractivity contribution in [2.75, 3.05) is 10.0 Å². The number of amides is 1. The van der Waals surface area contributed by atoms with Crippen molar-refractivity contribution in [3.63, 3.8) is 0 Å². The first-order valence-corrected chi connectivity index (χ1v) is 12.9. The second-order valence-electron chi connectivity index (χ2n) is 8.37. The minimum atomic E-state index is -3.78. The summed E-state index contributed by atoms with van der Waals surface area (Å²) < 4.78 is 33.9. The molecular weight excluding hydrogens is 464 g/mol. The summed E-state index contributed by atoms with van der Waals surface area (Å²) in [5.74, 6) is -0.147. The monoisotopic (exact) mass is 492 g/mol. The Labute approximate surface area is 205 Å². The zero-order valence-electron chi connectivity index (χ0n) is 19.4. The van der Waals surface area contributed by atoms with Crippen molar-refractivity contribution in [1.29, 1.82) is 5.41 Å². The number of nitrogens with two attached hydrogens (primary N) is 1. The molecule has 0 bridgehead atoms. The van der Waals surface area contributed by atoms with Gasteiger partial charge in [-0.1, -0.05) is 56.2 Å². The van der Waals surface area contributed by atoms with Crippen LogP contribution < -0.4 is 20.5 Å². The van der Waals surface area contributed by atoms with E-state index in [0.29, 0.717) is 28.3 Å². The molecule has 0 radical (unpaired) electrons. The Morgan fingerprint density at radius 2 is 1.86 bits per heavy atom. The number of hydrogen-bond acceptors (Lipinski definition) is 5. The summed E-state index contributed by atoms with van der Waals surface area (Å²) in [6, 6.07) is 18.2. The number of anilines is 2. The lowest BCUT2D eigenvalue weighted by Gasteiger charge is -2.29. The van der Waals surface area contributed by atoms with Gasteiger partial charge in [0.05, 0.1) is 16.3 Å². The Bertz CT molecular complexity index is 1360. The van der Waals surface area contributed by atoms with Gasteiger partial charge >= 0.3 is 0 Å². The number of hydrogen-bond donors (Lipinski definition) is 4. The van der Waals surface area contributed by atoms with E-state index in [-0.39, 0.29) is 10.7 Å². The number of nitrogen functional groups attached to an aromatic ring is 1. The van der Waals surface area contributed by atoms with Crippen LogP contribution in [0.1, 0.15) is 49.0 Å². The number of carbonyl (C=O) groups is 1. The molecule has 4 rings (SSSR count). The third-order valence-corrected chi connectivity index (χ3v) is 7.22. The van der Waals surface area contributed by atoms with Gasteiger partial charge in [-0.15, -0.1) is 0 Å². The second-order valence-corrected chi connectivity index (χ2v) is 10.0. The van der Waals surface area contributed by atoms with Gasteiger partial charge in [-0.3, -0.25) is 14.9 Å². The van der Waals surface area contributed by atoms with E-state index >= 15 is 0 Å². The number of fused-ring (bicyclic) bond motifs is 1. The zero-order valence-corrected chi connectivity index (χ0v) is 20.2. The molecule has 1 aliphatic heterocycles. The fourth-order valence-corrected chi connectivity index (χ4v) is 5.19. The number of carbonyl (C=O) groups excluding carboxylic acids is 1. The smallest absolute Gasteiger partial charge is 0.270 e. The standard InChI is InChI=1S/C26H28N4O4S/c1-2-3-5-9-17-10-8-13-20(25(27)28)23(17)24-26(31)29-21-16-18(14-15-22(21)34-24)30-35(32,33)19-11-6-4-7-12-19/h4,6-8,10-16,24,30H,2-3,5,9H2,1H3,(H3,27,28)(H,29,31). The van der Waals surface area contributed by atoms with E-state index in [1.165, 1.54) is 18.2 Å². The van der Waals surface area contributed by atoms with E-state index < -0.39 is 22.0 Å². The molecule has 1 atom stereocenters. The van der Waals surface area contributed by atoms with E-state index in [0.717, 1.165) is 31.2 Å². The second kappa shape index (κ2) is 10.2. The van der Waals surface area contributed by atoms with Crippen LogP contribution >= 0.6 is 0 Å². The van der Waals surface area contributed by atoms with Crippen molar-refractivity contribution in [2.24, 2.45) is 5.73 Å². The van der Waals surface area contributed by atoms with Crippen LogP contribution in [0.25, 0.3) is 0 Å². The van der Waals surface area contributed by atoms with Crippen molar-refractivity contribution in [1.82, 2.24) is 0 Å².